The SMILES string of the molecule is CCCN(CCC)S(=O)(=O)N1CCC(CC(N)=O)CC1. The van der Waals surface area contributed by atoms with Crippen molar-refractivity contribution < 1.29 is 13.2 Å². The van der Waals surface area contributed by atoms with E-state index in [9.17, 15) is 13.2 Å². The van der Waals surface area contributed by atoms with Crippen LogP contribution in [-0.4, -0.2) is 49.1 Å². The summed E-state index contributed by atoms with van der Waals surface area (Å²) in [5, 5.41) is 0. The zero-order valence-electron chi connectivity index (χ0n) is 12.5. The molecule has 0 atom stereocenters. The van der Waals surface area contributed by atoms with Crippen molar-refractivity contribution in [3.63, 3.8) is 0 Å². The van der Waals surface area contributed by atoms with Gasteiger partial charge in [0.1, 0.15) is 0 Å². The molecule has 1 rings (SSSR count). The van der Waals surface area contributed by atoms with Crippen LogP contribution >= 0.6 is 0 Å². The first-order valence-electron chi connectivity index (χ1n) is 7.45. The van der Waals surface area contributed by atoms with Gasteiger partial charge in [-0.05, 0) is 31.6 Å². The molecule has 0 aromatic rings. The van der Waals surface area contributed by atoms with Crippen LogP contribution in [0.2, 0.25) is 0 Å². The number of nitrogens with zero attached hydrogens (tertiary/aromatic N) is 2. The number of hydrogen-bond acceptors (Lipinski definition) is 3. The first-order chi connectivity index (χ1) is 9.41. The minimum atomic E-state index is -3.35. The summed E-state index contributed by atoms with van der Waals surface area (Å²) in [6.07, 6.45) is 3.43. The molecule has 0 aromatic heterocycles. The fourth-order valence-electron chi connectivity index (χ4n) is 2.63. The average Bonchev–Trinajstić information content (AvgIpc) is 2.38. The van der Waals surface area contributed by atoms with E-state index >= 15 is 0 Å². The molecule has 0 aromatic carbocycles. The summed E-state index contributed by atoms with van der Waals surface area (Å²) in [6.45, 7) is 6.08. The van der Waals surface area contributed by atoms with E-state index in [0.717, 1.165) is 12.8 Å². The van der Waals surface area contributed by atoms with E-state index in [-0.39, 0.29) is 11.8 Å². The Hall–Kier alpha value is -0.660. The number of carbonyl (C=O) groups is 1. The Morgan fingerprint density at radius 3 is 2.10 bits per heavy atom. The summed E-state index contributed by atoms with van der Waals surface area (Å²) in [5.41, 5.74) is 5.19. The van der Waals surface area contributed by atoms with Crippen molar-refractivity contribution in [3.05, 3.63) is 0 Å². The zero-order valence-corrected chi connectivity index (χ0v) is 13.4. The van der Waals surface area contributed by atoms with Crippen molar-refractivity contribution in [1.82, 2.24) is 8.61 Å². The topological polar surface area (TPSA) is 83.7 Å². The van der Waals surface area contributed by atoms with Gasteiger partial charge in [-0.25, -0.2) is 0 Å². The van der Waals surface area contributed by atoms with Crippen LogP contribution in [0.15, 0.2) is 0 Å². The average molecular weight is 305 g/mol. The molecule has 0 saturated carbocycles. The number of primary amides is 1. The van der Waals surface area contributed by atoms with Crippen molar-refractivity contribution in [2.75, 3.05) is 26.2 Å². The molecule has 7 heteroatoms. The predicted molar refractivity (Wildman–Crippen MR) is 79.2 cm³/mol. The van der Waals surface area contributed by atoms with Gasteiger partial charge in [0.15, 0.2) is 0 Å². The molecule has 6 nitrogen and oxygen atoms in total. The normalized spacial score (nSPS) is 18.6. The van der Waals surface area contributed by atoms with E-state index < -0.39 is 10.2 Å². The second-order valence-corrected chi connectivity index (χ2v) is 7.35. The maximum atomic E-state index is 12.6. The Balaban J connectivity index is 2.63. The van der Waals surface area contributed by atoms with E-state index in [1.807, 2.05) is 13.8 Å². The lowest BCUT2D eigenvalue weighted by Gasteiger charge is -2.34. The molecular weight excluding hydrogens is 278 g/mol. The van der Waals surface area contributed by atoms with Gasteiger partial charge < -0.3 is 5.73 Å². The van der Waals surface area contributed by atoms with Gasteiger partial charge >= 0.3 is 0 Å². The standard InChI is InChI=1S/C13H27N3O3S/c1-3-7-15(8-4-2)20(18,19)16-9-5-12(6-10-16)11-13(14)17/h12H,3-11H2,1-2H3,(H2,14,17). The van der Waals surface area contributed by atoms with Crippen molar-refractivity contribution in [1.29, 1.82) is 0 Å². The zero-order chi connectivity index (χ0) is 15.2. The van der Waals surface area contributed by atoms with Crippen molar-refractivity contribution in [2.45, 2.75) is 46.0 Å². The fraction of sp³-hybridized carbons (Fsp3) is 0.923. The highest BCUT2D eigenvalue weighted by Crippen LogP contribution is 2.23. The van der Waals surface area contributed by atoms with Gasteiger partial charge in [-0.3, -0.25) is 4.79 Å². The van der Waals surface area contributed by atoms with Crippen molar-refractivity contribution in [3.8, 4) is 0 Å². The monoisotopic (exact) mass is 305 g/mol. The van der Waals surface area contributed by atoms with Crippen LogP contribution in [0.25, 0.3) is 0 Å². The third-order valence-electron chi connectivity index (χ3n) is 3.66. The first kappa shape index (κ1) is 17.4. The van der Waals surface area contributed by atoms with Crippen LogP contribution in [0.5, 0.6) is 0 Å². The third kappa shape index (κ3) is 4.71. The molecule has 0 spiro atoms. The highest BCUT2D eigenvalue weighted by Gasteiger charge is 2.32. The van der Waals surface area contributed by atoms with Gasteiger partial charge in [-0.2, -0.15) is 17.0 Å². The Morgan fingerprint density at radius 2 is 1.70 bits per heavy atom. The molecule has 1 fully saturated rings. The lowest BCUT2D eigenvalue weighted by Crippen LogP contribution is -2.47. The summed E-state index contributed by atoms with van der Waals surface area (Å²) < 4.78 is 28.2. The quantitative estimate of drug-likeness (QED) is 0.724. The molecule has 0 unspecified atom stereocenters. The van der Waals surface area contributed by atoms with E-state index in [0.29, 0.717) is 45.4 Å². The summed E-state index contributed by atoms with van der Waals surface area (Å²) in [7, 11) is -3.35. The van der Waals surface area contributed by atoms with E-state index in [1.54, 1.807) is 8.61 Å². The Kier molecular flexibility index (Phi) is 6.91. The minimum absolute atomic E-state index is 0.227. The van der Waals surface area contributed by atoms with Gasteiger partial charge in [0.25, 0.3) is 10.2 Å². The van der Waals surface area contributed by atoms with Gasteiger partial charge in [0, 0.05) is 32.6 Å². The maximum absolute atomic E-state index is 12.6. The molecule has 0 radical (unpaired) electrons. The first-order valence-corrected chi connectivity index (χ1v) is 8.85. The molecule has 1 amide bonds. The van der Waals surface area contributed by atoms with Crippen LogP contribution < -0.4 is 5.73 Å². The van der Waals surface area contributed by atoms with Crippen LogP contribution in [0, 0.1) is 5.92 Å². The Bertz CT molecular complexity index is 397. The van der Waals surface area contributed by atoms with E-state index in [2.05, 4.69) is 0 Å². The second kappa shape index (κ2) is 7.95. The van der Waals surface area contributed by atoms with Crippen molar-refractivity contribution >= 4 is 16.1 Å². The molecule has 1 heterocycles. The molecule has 20 heavy (non-hydrogen) atoms. The number of hydrogen-bond donors (Lipinski definition) is 1. The number of nitrogens with two attached hydrogens (primary N) is 1. The maximum Gasteiger partial charge on any atom is 0.281 e. The minimum Gasteiger partial charge on any atom is -0.370 e. The number of rotatable bonds is 8. The number of amides is 1. The van der Waals surface area contributed by atoms with Crippen LogP contribution in [0.1, 0.15) is 46.0 Å². The lowest BCUT2D eigenvalue weighted by atomic mass is 9.94. The highest BCUT2D eigenvalue weighted by atomic mass is 32.2. The van der Waals surface area contributed by atoms with Gasteiger partial charge in [0.2, 0.25) is 5.91 Å². The molecule has 1 aliphatic heterocycles. The van der Waals surface area contributed by atoms with Gasteiger partial charge in [-0.15, -0.1) is 0 Å². The molecular formula is C13H27N3O3S. The summed E-state index contributed by atoms with van der Waals surface area (Å²) in [4.78, 5) is 10.9. The fourth-order valence-corrected chi connectivity index (χ4v) is 4.46. The van der Waals surface area contributed by atoms with Crippen LogP contribution in [-0.2, 0) is 15.0 Å². The number of piperidine rings is 1. The second-order valence-electron chi connectivity index (χ2n) is 5.42. The molecule has 0 bridgehead atoms. The van der Waals surface area contributed by atoms with Crippen molar-refractivity contribution in [2.24, 2.45) is 11.7 Å². The molecule has 2 N–H and O–H groups in total. The highest BCUT2D eigenvalue weighted by molar-refractivity contribution is 7.86. The van der Waals surface area contributed by atoms with E-state index in [1.165, 1.54) is 0 Å². The van der Waals surface area contributed by atoms with Gasteiger partial charge in [-0.1, -0.05) is 13.8 Å². The Labute approximate surface area is 122 Å². The molecule has 1 aliphatic rings. The summed E-state index contributed by atoms with van der Waals surface area (Å²) in [5.74, 6) is -0.0744. The Morgan fingerprint density at radius 1 is 1.20 bits per heavy atom. The predicted octanol–water partition coefficient (Wildman–Crippen LogP) is 0.941. The largest absolute Gasteiger partial charge is 0.370 e. The number of carbonyl (C=O) groups excluding carboxylic acids is 1. The van der Waals surface area contributed by atoms with Gasteiger partial charge in [0.05, 0.1) is 0 Å². The smallest absolute Gasteiger partial charge is 0.281 e. The summed E-state index contributed by atoms with van der Waals surface area (Å²) in [6, 6.07) is 0. The summed E-state index contributed by atoms with van der Waals surface area (Å²) >= 11 is 0. The molecule has 0 aliphatic carbocycles. The van der Waals surface area contributed by atoms with Crippen LogP contribution in [0.4, 0.5) is 0 Å². The van der Waals surface area contributed by atoms with E-state index in [4.69, 9.17) is 5.73 Å². The van der Waals surface area contributed by atoms with Crippen LogP contribution in [0.3, 0.4) is 0 Å². The third-order valence-corrected chi connectivity index (χ3v) is 5.70. The lowest BCUT2D eigenvalue weighted by molar-refractivity contribution is -0.119. The molecule has 1 saturated heterocycles. The molecule has 118 valence electrons.